The highest BCUT2D eigenvalue weighted by Gasteiger charge is 2.19. The Morgan fingerprint density at radius 3 is 2.31 bits per heavy atom. The fourth-order valence-electron chi connectivity index (χ4n) is 2.89. The minimum atomic E-state index is -3.83. The molecule has 0 aliphatic carbocycles. The fourth-order valence-corrected chi connectivity index (χ4v) is 4.41. The molecular formula is C21H19ClN4O5S. The highest BCUT2D eigenvalue weighted by atomic mass is 35.5. The number of methoxy groups -OCH3 is 1. The summed E-state index contributed by atoms with van der Waals surface area (Å²) >= 11 is 6.05. The third-order valence-electron chi connectivity index (χ3n) is 4.55. The van der Waals surface area contributed by atoms with E-state index in [-0.39, 0.29) is 32.7 Å². The van der Waals surface area contributed by atoms with Crippen molar-refractivity contribution in [2.45, 2.75) is 18.7 Å². The van der Waals surface area contributed by atoms with Gasteiger partial charge in [0.05, 0.1) is 33.3 Å². The average Bonchev–Trinajstić information content (AvgIpc) is 2.73. The van der Waals surface area contributed by atoms with Crippen LogP contribution in [-0.4, -0.2) is 20.5 Å². The summed E-state index contributed by atoms with van der Waals surface area (Å²) in [6.45, 7) is 3.45. The van der Waals surface area contributed by atoms with Gasteiger partial charge in [0, 0.05) is 18.2 Å². The van der Waals surface area contributed by atoms with Crippen molar-refractivity contribution in [1.29, 1.82) is 0 Å². The number of non-ortho nitro benzene ring substituents is 1. The van der Waals surface area contributed by atoms with Crippen LogP contribution >= 0.6 is 11.6 Å². The van der Waals surface area contributed by atoms with Gasteiger partial charge in [-0.1, -0.05) is 29.8 Å². The Kier molecular flexibility index (Phi) is 6.75. The second kappa shape index (κ2) is 9.33. The summed E-state index contributed by atoms with van der Waals surface area (Å²) < 4.78 is 33.6. The summed E-state index contributed by atoms with van der Waals surface area (Å²) in [5.74, 6) is 0.247. The van der Waals surface area contributed by atoms with Crippen LogP contribution < -0.4 is 9.46 Å². The number of rotatable bonds is 7. The number of nitrogens with one attached hydrogen (secondary N) is 1. The number of hydrogen-bond acceptors (Lipinski definition) is 7. The summed E-state index contributed by atoms with van der Waals surface area (Å²) in [5, 5.41) is 19.1. The van der Waals surface area contributed by atoms with Crippen LogP contribution in [-0.2, 0) is 10.0 Å². The number of benzene rings is 3. The van der Waals surface area contributed by atoms with Crippen LogP contribution in [0.25, 0.3) is 0 Å². The average molecular weight is 475 g/mol. The second-order valence-electron chi connectivity index (χ2n) is 6.80. The summed E-state index contributed by atoms with van der Waals surface area (Å²) in [6.07, 6.45) is 0. The van der Waals surface area contributed by atoms with Crippen LogP contribution in [0.2, 0.25) is 5.02 Å². The first-order valence-electron chi connectivity index (χ1n) is 9.25. The van der Waals surface area contributed by atoms with Crippen molar-refractivity contribution in [3.63, 3.8) is 0 Å². The van der Waals surface area contributed by atoms with Gasteiger partial charge < -0.3 is 4.74 Å². The van der Waals surface area contributed by atoms with Crippen molar-refractivity contribution >= 4 is 44.4 Å². The van der Waals surface area contributed by atoms with Crippen LogP contribution in [0.1, 0.15) is 11.1 Å². The number of aryl methyl sites for hydroxylation is 2. The Morgan fingerprint density at radius 1 is 1.00 bits per heavy atom. The first-order valence-corrected chi connectivity index (χ1v) is 11.1. The minimum absolute atomic E-state index is 0.0789. The van der Waals surface area contributed by atoms with E-state index in [1.807, 2.05) is 0 Å². The molecule has 9 nitrogen and oxygen atoms in total. The first kappa shape index (κ1) is 23.2. The van der Waals surface area contributed by atoms with E-state index in [9.17, 15) is 18.5 Å². The predicted octanol–water partition coefficient (Wildman–Crippen LogP) is 6.09. The number of azo groups is 1. The van der Waals surface area contributed by atoms with Crippen molar-refractivity contribution in [2.24, 2.45) is 10.2 Å². The zero-order valence-electron chi connectivity index (χ0n) is 17.4. The largest absolute Gasteiger partial charge is 0.494 e. The molecule has 3 aromatic carbocycles. The molecule has 0 aliphatic rings. The van der Waals surface area contributed by atoms with E-state index < -0.39 is 14.9 Å². The SMILES string of the molecule is COc1cc(N=Nc2ccc([N+](=O)[O-])cc2Cl)c(C)cc1NS(=O)(=O)c1ccccc1C. The smallest absolute Gasteiger partial charge is 0.271 e. The maximum Gasteiger partial charge on any atom is 0.271 e. The molecule has 0 atom stereocenters. The van der Waals surface area contributed by atoms with Crippen molar-refractivity contribution in [1.82, 2.24) is 0 Å². The van der Waals surface area contributed by atoms with Crippen LogP contribution in [0.3, 0.4) is 0 Å². The lowest BCUT2D eigenvalue weighted by atomic mass is 10.1. The van der Waals surface area contributed by atoms with Gasteiger partial charge in [-0.3, -0.25) is 14.8 Å². The lowest BCUT2D eigenvalue weighted by Gasteiger charge is -2.15. The van der Waals surface area contributed by atoms with Gasteiger partial charge in [0.1, 0.15) is 11.4 Å². The molecule has 166 valence electrons. The van der Waals surface area contributed by atoms with Crippen LogP contribution in [0.4, 0.5) is 22.7 Å². The quantitative estimate of drug-likeness (QED) is 0.252. The number of nitrogens with zero attached hydrogens (tertiary/aromatic N) is 3. The monoisotopic (exact) mass is 474 g/mol. The lowest BCUT2D eigenvalue weighted by Crippen LogP contribution is -2.15. The molecule has 1 N–H and O–H groups in total. The van der Waals surface area contributed by atoms with Gasteiger partial charge in [0.2, 0.25) is 0 Å². The highest BCUT2D eigenvalue weighted by molar-refractivity contribution is 7.92. The number of hydrogen-bond donors (Lipinski definition) is 1. The molecule has 11 heteroatoms. The molecule has 0 amide bonds. The van der Waals surface area contributed by atoms with Crippen LogP contribution in [0.15, 0.2) is 69.7 Å². The summed E-state index contributed by atoms with van der Waals surface area (Å²) in [6, 6.07) is 13.6. The van der Waals surface area contributed by atoms with E-state index in [0.29, 0.717) is 16.8 Å². The number of anilines is 1. The molecule has 0 heterocycles. The van der Waals surface area contributed by atoms with E-state index in [2.05, 4.69) is 15.0 Å². The normalized spacial score (nSPS) is 11.5. The maximum atomic E-state index is 12.8. The van der Waals surface area contributed by atoms with E-state index in [4.69, 9.17) is 16.3 Å². The van der Waals surface area contributed by atoms with Crippen molar-refractivity contribution in [3.05, 3.63) is 80.9 Å². The summed E-state index contributed by atoms with van der Waals surface area (Å²) in [7, 11) is -2.43. The third kappa shape index (κ3) is 5.04. The maximum absolute atomic E-state index is 12.8. The Balaban J connectivity index is 1.93. The minimum Gasteiger partial charge on any atom is -0.494 e. The van der Waals surface area contributed by atoms with Crippen molar-refractivity contribution < 1.29 is 18.1 Å². The number of ether oxygens (including phenoxy) is 1. The Labute approximate surface area is 189 Å². The van der Waals surface area contributed by atoms with E-state index in [1.165, 1.54) is 37.4 Å². The number of halogens is 1. The molecule has 0 radical (unpaired) electrons. The summed E-state index contributed by atoms with van der Waals surface area (Å²) in [4.78, 5) is 10.4. The van der Waals surface area contributed by atoms with E-state index >= 15 is 0 Å². The zero-order valence-corrected chi connectivity index (χ0v) is 18.9. The van der Waals surface area contributed by atoms with Gasteiger partial charge in [-0.05, 0) is 43.2 Å². The van der Waals surface area contributed by atoms with E-state index in [0.717, 1.165) is 0 Å². The molecule has 0 saturated heterocycles. The lowest BCUT2D eigenvalue weighted by molar-refractivity contribution is -0.384. The van der Waals surface area contributed by atoms with Crippen molar-refractivity contribution in [3.8, 4) is 5.75 Å². The molecule has 0 aliphatic heterocycles. The Hall–Kier alpha value is -3.50. The molecule has 3 rings (SSSR count). The Bertz CT molecular complexity index is 1330. The third-order valence-corrected chi connectivity index (χ3v) is 6.38. The second-order valence-corrected chi connectivity index (χ2v) is 8.86. The number of nitro benzene ring substituents is 1. The van der Waals surface area contributed by atoms with Gasteiger partial charge in [-0.15, -0.1) is 5.11 Å². The number of sulfonamides is 1. The molecule has 0 aromatic heterocycles. The van der Waals surface area contributed by atoms with Crippen LogP contribution in [0.5, 0.6) is 5.75 Å². The van der Waals surface area contributed by atoms with Gasteiger partial charge in [0.15, 0.2) is 0 Å². The molecule has 0 saturated carbocycles. The molecule has 32 heavy (non-hydrogen) atoms. The molecule has 0 spiro atoms. The summed E-state index contributed by atoms with van der Waals surface area (Å²) in [5.41, 5.74) is 1.99. The number of nitro groups is 1. The van der Waals surface area contributed by atoms with Gasteiger partial charge in [-0.25, -0.2) is 8.42 Å². The zero-order chi connectivity index (χ0) is 23.5. The topological polar surface area (TPSA) is 123 Å². The van der Waals surface area contributed by atoms with Crippen LogP contribution in [0, 0.1) is 24.0 Å². The molecule has 3 aromatic rings. The molecule has 0 fully saturated rings. The van der Waals surface area contributed by atoms with Gasteiger partial charge >= 0.3 is 0 Å². The van der Waals surface area contributed by atoms with E-state index in [1.54, 1.807) is 38.1 Å². The highest BCUT2D eigenvalue weighted by Crippen LogP contribution is 2.36. The Morgan fingerprint density at radius 2 is 1.69 bits per heavy atom. The molecule has 0 unspecified atom stereocenters. The predicted molar refractivity (Wildman–Crippen MR) is 122 cm³/mol. The van der Waals surface area contributed by atoms with Gasteiger partial charge in [-0.2, -0.15) is 5.11 Å². The fraction of sp³-hybridized carbons (Fsp3) is 0.143. The molecule has 0 bridgehead atoms. The van der Waals surface area contributed by atoms with Crippen molar-refractivity contribution in [2.75, 3.05) is 11.8 Å². The standard InChI is InChI=1S/C21H19ClN4O5S/c1-13-6-4-5-7-21(13)32(29,30)25-19-10-14(2)18(12-20(19)31-3)24-23-17-9-8-15(26(27)28)11-16(17)22/h4-12,25H,1-3H3. The molecular weight excluding hydrogens is 456 g/mol. The van der Waals surface area contributed by atoms with Gasteiger partial charge in [0.25, 0.3) is 15.7 Å². The first-order chi connectivity index (χ1) is 15.1.